The van der Waals surface area contributed by atoms with Crippen LogP contribution in [0.4, 0.5) is 0 Å². The van der Waals surface area contributed by atoms with Crippen LogP contribution in [0.15, 0.2) is 0 Å². The summed E-state index contributed by atoms with van der Waals surface area (Å²) in [5, 5.41) is 0. The zero-order valence-corrected chi connectivity index (χ0v) is 14.2. The lowest BCUT2D eigenvalue weighted by atomic mass is 9.90. The van der Waals surface area contributed by atoms with Gasteiger partial charge in [0.2, 0.25) is 0 Å². The molecule has 0 aliphatic heterocycles. The largest absolute Gasteiger partial charge is 0.0654 e. The van der Waals surface area contributed by atoms with Crippen molar-refractivity contribution in [3.63, 3.8) is 0 Å². The van der Waals surface area contributed by atoms with Crippen molar-refractivity contribution in [3.8, 4) is 0 Å². The van der Waals surface area contributed by atoms with Crippen LogP contribution in [0.2, 0.25) is 0 Å². The van der Waals surface area contributed by atoms with Gasteiger partial charge in [-0.2, -0.15) is 0 Å². The maximum atomic E-state index is 2.31. The second-order valence-corrected chi connectivity index (χ2v) is 6.41. The molecule has 0 aromatic carbocycles. The van der Waals surface area contributed by atoms with Crippen LogP contribution in [0.1, 0.15) is 117 Å². The van der Waals surface area contributed by atoms with E-state index in [4.69, 9.17) is 0 Å². The molecule has 0 N–H and O–H groups in total. The van der Waals surface area contributed by atoms with Crippen LogP contribution in [-0.4, -0.2) is 0 Å². The molecular formula is C19H40. The summed E-state index contributed by atoms with van der Waals surface area (Å²) in [5.74, 6) is 1.05. The molecule has 0 heteroatoms. The van der Waals surface area contributed by atoms with E-state index in [9.17, 15) is 0 Å². The first-order valence-corrected chi connectivity index (χ1v) is 9.35. The monoisotopic (exact) mass is 268 g/mol. The molecule has 116 valence electrons. The molecule has 0 nitrogen and oxygen atoms in total. The molecule has 0 fully saturated rings. The van der Waals surface area contributed by atoms with Gasteiger partial charge in [0, 0.05) is 0 Å². The van der Waals surface area contributed by atoms with Crippen molar-refractivity contribution >= 4 is 0 Å². The lowest BCUT2D eigenvalue weighted by Gasteiger charge is -2.16. The molecule has 0 aromatic heterocycles. The second kappa shape index (κ2) is 16.1. The maximum absolute atomic E-state index is 2.31. The highest BCUT2D eigenvalue weighted by atomic mass is 14.1. The Labute approximate surface area is 123 Å². The molecule has 0 aliphatic carbocycles. The SMILES string of the molecule is CCCCCCC(CCCCCC)CCCCCC. The van der Waals surface area contributed by atoms with Gasteiger partial charge in [0.15, 0.2) is 0 Å². The van der Waals surface area contributed by atoms with E-state index < -0.39 is 0 Å². The van der Waals surface area contributed by atoms with Crippen LogP contribution in [0.5, 0.6) is 0 Å². The molecule has 19 heavy (non-hydrogen) atoms. The van der Waals surface area contributed by atoms with Crippen LogP contribution >= 0.6 is 0 Å². The average Bonchev–Trinajstić information content (AvgIpc) is 2.43. The standard InChI is InChI=1S/C19H40/c1-4-7-10-13-16-19(17-14-11-8-5-2)18-15-12-9-6-3/h19H,4-18H2,1-3H3. The van der Waals surface area contributed by atoms with E-state index in [1.54, 1.807) is 0 Å². The van der Waals surface area contributed by atoms with E-state index in [0.717, 1.165) is 5.92 Å². The highest BCUT2D eigenvalue weighted by Gasteiger charge is 2.08. The predicted molar refractivity (Wildman–Crippen MR) is 89.8 cm³/mol. The Kier molecular flexibility index (Phi) is 16.1. The number of hydrogen-bond donors (Lipinski definition) is 0. The van der Waals surface area contributed by atoms with Crippen molar-refractivity contribution in [2.24, 2.45) is 5.92 Å². The van der Waals surface area contributed by atoms with E-state index in [0.29, 0.717) is 0 Å². The van der Waals surface area contributed by atoms with E-state index in [1.165, 1.54) is 96.3 Å². The molecule has 0 saturated heterocycles. The van der Waals surface area contributed by atoms with Crippen molar-refractivity contribution < 1.29 is 0 Å². The number of unbranched alkanes of at least 4 members (excludes halogenated alkanes) is 9. The maximum Gasteiger partial charge on any atom is -0.0414 e. The van der Waals surface area contributed by atoms with E-state index in [1.807, 2.05) is 0 Å². The minimum atomic E-state index is 1.05. The number of rotatable bonds is 15. The van der Waals surface area contributed by atoms with Gasteiger partial charge in [0.1, 0.15) is 0 Å². The van der Waals surface area contributed by atoms with Crippen molar-refractivity contribution in [1.82, 2.24) is 0 Å². The summed E-state index contributed by atoms with van der Waals surface area (Å²) in [6.07, 6.45) is 21.8. The predicted octanol–water partition coefficient (Wildman–Crippen LogP) is 7.51. The summed E-state index contributed by atoms with van der Waals surface area (Å²) >= 11 is 0. The summed E-state index contributed by atoms with van der Waals surface area (Å²) in [5.41, 5.74) is 0. The Bertz CT molecular complexity index is 122. The van der Waals surface area contributed by atoms with Gasteiger partial charge in [-0.1, -0.05) is 117 Å². The van der Waals surface area contributed by atoms with E-state index in [2.05, 4.69) is 20.8 Å². The topological polar surface area (TPSA) is 0 Å². The van der Waals surface area contributed by atoms with Gasteiger partial charge in [-0.25, -0.2) is 0 Å². The molecule has 0 atom stereocenters. The highest BCUT2D eigenvalue weighted by molar-refractivity contribution is 4.61. The molecule has 0 bridgehead atoms. The smallest absolute Gasteiger partial charge is 0.0414 e. The summed E-state index contributed by atoms with van der Waals surface area (Å²) < 4.78 is 0. The Hall–Kier alpha value is 0. The summed E-state index contributed by atoms with van der Waals surface area (Å²) in [4.78, 5) is 0. The van der Waals surface area contributed by atoms with Crippen molar-refractivity contribution in [2.45, 2.75) is 117 Å². The van der Waals surface area contributed by atoms with Crippen LogP contribution in [0.3, 0.4) is 0 Å². The Balaban J connectivity index is 3.66. The fourth-order valence-corrected chi connectivity index (χ4v) is 3.01. The van der Waals surface area contributed by atoms with Crippen molar-refractivity contribution in [1.29, 1.82) is 0 Å². The molecular weight excluding hydrogens is 228 g/mol. The minimum Gasteiger partial charge on any atom is -0.0654 e. The molecule has 0 aliphatic rings. The van der Waals surface area contributed by atoms with Gasteiger partial charge >= 0.3 is 0 Å². The van der Waals surface area contributed by atoms with E-state index in [-0.39, 0.29) is 0 Å². The van der Waals surface area contributed by atoms with Crippen molar-refractivity contribution in [3.05, 3.63) is 0 Å². The van der Waals surface area contributed by atoms with Gasteiger partial charge < -0.3 is 0 Å². The Morgan fingerprint density at radius 2 is 0.737 bits per heavy atom. The van der Waals surface area contributed by atoms with Gasteiger partial charge in [0.25, 0.3) is 0 Å². The molecule has 0 unspecified atom stereocenters. The Morgan fingerprint density at radius 3 is 1.00 bits per heavy atom. The van der Waals surface area contributed by atoms with Crippen LogP contribution in [-0.2, 0) is 0 Å². The van der Waals surface area contributed by atoms with Gasteiger partial charge in [-0.3, -0.25) is 0 Å². The fraction of sp³-hybridized carbons (Fsp3) is 1.00. The zero-order chi connectivity index (χ0) is 14.2. The first kappa shape index (κ1) is 19.0. The molecule has 0 rings (SSSR count). The molecule has 0 spiro atoms. The van der Waals surface area contributed by atoms with Crippen LogP contribution in [0, 0.1) is 5.92 Å². The Morgan fingerprint density at radius 1 is 0.421 bits per heavy atom. The first-order chi connectivity index (χ1) is 9.35. The average molecular weight is 269 g/mol. The third-order valence-electron chi connectivity index (χ3n) is 4.40. The van der Waals surface area contributed by atoms with E-state index >= 15 is 0 Å². The molecule has 0 heterocycles. The molecule has 0 radical (unpaired) electrons. The zero-order valence-electron chi connectivity index (χ0n) is 14.2. The van der Waals surface area contributed by atoms with Gasteiger partial charge in [-0.15, -0.1) is 0 Å². The quantitative estimate of drug-likeness (QED) is 0.269. The summed E-state index contributed by atoms with van der Waals surface area (Å²) in [6, 6.07) is 0. The molecule has 0 saturated carbocycles. The van der Waals surface area contributed by atoms with Crippen LogP contribution < -0.4 is 0 Å². The lowest BCUT2D eigenvalue weighted by Crippen LogP contribution is -2.01. The summed E-state index contributed by atoms with van der Waals surface area (Å²) in [6.45, 7) is 6.94. The second-order valence-electron chi connectivity index (χ2n) is 6.41. The van der Waals surface area contributed by atoms with Gasteiger partial charge in [0.05, 0.1) is 0 Å². The molecule has 0 aromatic rings. The lowest BCUT2D eigenvalue weighted by molar-refractivity contribution is 0.368. The van der Waals surface area contributed by atoms with Crippen molar-refractivity contribution in [2.75, 3.05) is 0 Å². The van der Waals surface area contributed by atoms with Crippen LogP contribution in [0.25, 0.3) is 0 Å². The molecule has 0 amide bonds. The summed E-state index contributed by atoms with van der Waals surface area (Å²) in [7, 11) is 0. The number of hydrogen-bond acceptors (Lipinski definition) is 0. The third-order valence-corrected chi connectivity index (χ3v) is 4.40. The normalized spacial score (nSPS) is 11.4. The third kappa shape index (κ3) is 14.2. The first-order valence-electron chi connectivity index (χ1n) is 9.35. The van der Waals surface area contributed by atoms with Gasteiger partial charge in [-0.05, 0) is 5.92 Å². The highest BCUT2D eigenvalue weighted by Crippen LogP contribution is 2.24. The fourth-order valence-electron chi connectivity index (χ4n) is 3.01. The minimum absolute atomic E-state index is 1.05.